The van der Waals surface area contributed by atoms with Gasteiger partial charge in [0.1, 0.15) is 17.9 Å². The van der Waals surface area contributed by atoms with Crippen molar-refractivity contribution in [1.82, 2.24) is 0 Å². The number of fused-ring (bicyclic) bond motifs is 1. The Hall–Kier alpha value is -4.35. The van der Waals surface area contributed by atoms with Gasteiger partial charge in [0.2, 0.25) is 10.0 Å². The Morgan fingerprint density at radius 3 is 2.21 bits per heavy atom. The molecule has 0 spiro atoms. The molecule has 0 aliphatic rings. The summed E-state index contributed by atoms with van der Waals surface area (Å²) in [7, 11) is -8.36. The second-order valence-electron chi connectivity index (χ2n) is 8.50. The Balaban J connectivity index is 0.00000484. The van der Waals surface area contributed by atoms with Crippen LogP contribution in [0, 0.1) is 22.7 Å². The molecule has 13 nitrogen and oxygen atoms in total. The molecule has 16 heteroatoms. The molecule has 4 rings (SSSR count). The molecule has 0 saturated carbocycles. The van der Waals surface area contributed by atoms with Gasteiger partial charge < -0.3 is 10.4 Å². The van der Waals surface area contributed by atoms with Gasteiger partial charge in [0, 0.05) is 16.3 Å². The van der Waals surface area contributed by atoms with Crippen LogP contribution in [-0.2, 0) is 20.1 Å². The van der Waals surface area contributed by atoms with E-state index in [1.165, 1.54) is 54.6 Å². The van der Waals surface area contributed by atoms with Gasteiger partial charge in [-0.1, -0.05) is 18.2 Å². The van der Waals surface area contributed by atoms with Crippen LogP contribution < -0.4 is 39.6 Å². The summed E-state index contributed by atoms with van der Waals surface area (Å²) in [5, 5.41) is 40.4. The quantitative estimate of drug-likeness (QED) is 0.103. The first-order valence-corrected chi connectivity index (χ1v) is 14.7. The van der Waals surface area contributed by atoms with Gasteiger partial charge in [-0.2, -0.15) is 24.1 Å². The monoisotopic (exact) mass is 613 g/mol. The third-order valence-electron chi connectivity index (χ3n) is 5.57. The molecule has 4 N–H and O–H groups in total. The molecule has 0 unspecified atom stereocenters. The molecule has 4 aromatic rings. The largest absolute Gasteiger partial charge is 1.00 e. The van der Waals surface area contributed by atoms with Crippen molar-refractivity contribution in [3.05, 3.63) is 83.4 Å². The van der Waals surface area contributed by atoms with E-state index in [4.69, 9.17) is 5.26 Å². The summed E-state index contributed by atoms with van der Waals surface area (Å²) in [6.45, 7) is 0. The number of benzene rings is 4. The maximum Gasteiger partial charge on any atom is 1.00 e. The van der Waals surface area contributed by atoms with Crippen molar-refractivity contribution in [2.24, 2.45) is 10.2 Å². The van der Waals surface area contributed by atoms with Crippen molar-refractivity contribution in [2.45, 2.75) is 4.90 Å². The van der Waals surface area contributed by atoms with Crippen LogP contribution in [0.25, 0.3) is 10.8 Å². The first kappa shape index (κ1) is 32.2. The number of rotatable bonds is 7. The Morgan fingerprint density at radius 2 is 1.57 bits per heavy atom. The summed E-state index contributed by atoms with van der Waals surface area (Å²) in [4.78, 5) is 12.4. The van der Waals surface area contributed by atoms with Crippen molar-refractivity contribution in [2.75, 3.05) is 16.3 Å². The first-order valence-electron chi connectivity index (χ1n) is 11.3. The van der Waals surface area contributed by atoms with Gasteiger partial charge >= 0.3 is 29.6 Å². The molecule has 206 valence electrons. The van der Waals surface area contributed by atoms with Crippen LogP contribution in [0.1, 0.15) is 21.5 Å². The van der Waals surface area contributed by atoms with E-state index < -0.39 is 36.7 Å². The van der Waals surface area contributed by atoms with Crippen molar-refractivity contribution in [1.29, 1.82) is 10.5 Å². The van der Waals surface area contributed by atoms with Crippen molar-refractivity contribution >= 4 is 59.6 Å². The molecule has 0 aliphatic carbocycles. The van der Waals surface area contributed by atoms with E-state index in [9.17, 15) is 36.6 Å². The SMILES string of the molecule is CS(=O)(=O)Nc1cccc2c(O)c(NC(=O)c3cccc(S(=O)(=O)O)c3)cc(N=Nc3ccc(C#N)c(C#N)c3)c12.[Na+]. The number of nitriles is 2. The van der Waals surface area contributed by atoms with E-state index in [-0.39, 0.29) is 79.8 Å². The molecule has 0 fully saturated rings. The van der Waals surface area contributed by atoms with Gasteiger partial charge in [-0.3, -0.25) is 14.1 Å². The van der Waals surface area contributed by atoms with E-state index in [2.05, 4.69) is 20.3 Å². The Bertz CT molecular complexity index is 2070. The summed E-state index contributed by atoms with van der Waals surface area (Å²) in [6, 6.07) is 18.0. The number of sulfonamides is 1. The number of nitrogens with zero attached hydrogens (tertiary/aromatic N) is 4. The number of hydrogen-bond acceptors (Lipinski definition) is 10. The third-order valence-corrected chi connectivity index (χ3v) is 7.01. The summed E-state index contributed by atoms with van der Waals surface area (Å²) >= 11 is 0. The van der Waals surface area contributed by atoms with Crippen LogP contribution in [0.2, 0.25) is 0 Å². The fourth-order valence-corrected chi connectivity index (χ4v) is 4.89. The predicted molar refractivity (Wildman–Crippen MR) is 148 cm³/mol. The van der Waals surface area contributed by atoms with Gasteiger partial charge in [0.25, 0.3) is 16.0 Å². The molecule has 0 aromatic heterocycles. The maximum atomic E-state index is 13.0. The molecule has 4 aromatic carbocycles. The number of amides is 1. The molecular formula is C26H18N6NaO7S2+. The molecule has 42 heavy (non-hydrogen) atoms. The van der Waals surface area contributed by atoms with Crippen LogP contribution in [0.5, 0.6) is 5.75 Å². The number of nitrogens with one attached hydrogen (secondary N) is 2. The Kier molecular flexibility index (Phi) is 9.70. The molecule has 0 radical (unpaired) electrons. The van der Waals surface area contributed by atoms with Gasteiger partial charge in [-0.05, 0) is 48.5 Å². The first-order chi connectivity index (χ1) is 19.3. The van der Waals surface area contributed by atoms with Crippen LogP contribution in [0.3, 0.4) is 0 Å². The van der Waals surface area contributed by atoms with Gasteiger partial charge in [-0.15, -0.1) is 5.11 Å². The van der Waals surface area contributed by atoms with Crippen LogP contribution in [-0.4, -0.2) is 38.7 Å². The van der Waals surface area contributed by atoms with E-state index in [1.54, 1.807) is 0 Å². The standard InChI is InChI=1S/C26H18N6O7S2.Na/c1-40(35,36)32-21-7-3-6-20-24(21)22(31-30-18-9-8-16(13-27)17(10-18)14-28)12-23(25(20)33)29-26(34)15-4-2-5-19(11-15)41(37,38)39;/h2-12,32-33H,1H3,(H,29,34)(H,37,38,39);/q;+1. The number of azo groups is 1. The van der Waals surface area contributed by atoms with Crippen LogP contribution >= 0.6 is 0 Å². The smallest absolute Gasteiger partial charge is 0.505 e. The Morgan fingerprint density at radius 1 is 0.881 bits per heavy atom. The number of phenolic OH excluding ortho intramolecular Hbond substituents is 1. The van der Waals surface area contributed by atoms with E-state index in [0.717, 1.165) is 18.4 Å². The average molecular weight is 614 g/mol. The molecule has 0 aliphatic heterocycles. The zero-order valence-corrected chi connectivity index (χ0v) is 25.5. The van der Waals surface area contributed by atoms with Gasteiger partial charge in [-0.25, -0.2) is 8.42 Å². The third kappa shape index (κ3) is 7.29. The fraction of sp³-hybridized carbons (Fsp3) is 0.0385. The second-order valence-corrected chi connectivity index (χ2v) is 11.7. The zero-order valence-electron chi connectivity index (χ0n) is 21.9. The molecule has 0 atom stereocenters. The molecule has 1 amide bonds. The van der Waals surface area contributed by atoms with E-state index >= 15 is 0 Å². The number of carbonyl (C=O) groups excluding carboxylic acids is 1. The van der Waals surface area contributed by atoms with E-state index in [1.807, 2.05) is 12.1 Å². The maximum absolute atomic E-state index is 13.0. The summed E-state index contributed by atoms with van der Waals surface area (Å²) in [5.41, 5.74) is 0.0748. The van der Waals surface area contributed by atoms with Crippen molar-refractivity contribution < 1.29 is 60.8 Å². The summed E-state index contributed by atoms with van der Waals surface area (Å²) in [6.07, 6.45) is 0.933. The minimum Gasteiger partial charge on any atom is -0.505 e. The zero-order chi connectivity index (χ0) is 29.9. The molecule has 0 saturated heterocycles. The van der Waals surface area contributed by atoms with Gasteiger partial charge in [0.15, 0.2) is 0 Å². The average Bonchev–Trinajstić information content (AvgIpc) is 2.92. The molecule has 0 bridgehead atoms. The summed E-state index contributed by atoms with van der Waals surface area (Å²) in [5.74, 6) is -1.30. The normalized spacial score (nSPS) is 11.3. The minimum absolute atomic E-state index is 0. The minimum atomic E-state index is -4.59. The van der Waals surface area contributed by atoms with E-state index in [0.29, 0.717) is 0 Å². The van der Waals surface area contributed by atoms with Crippen molar-refractivity contribution in [3.63, 3.8) is 0 Å². The van der Waals surface area contributed by atoms with Crippen LogP contribution in [0.4, 0.5) is 22.7 Å². The number of anilines is 2. The molecule has 0 heterocycles. The molecular weight excluding hydrogens is 595 g/mol. The topological polar surface area (TPSA) is 222 Å². The van der Waals surface area contributed by atoms with Gasteiger partial charge in [0.05, 0.1) is 45.0 Å². The number of carbonyl (C=O) groups is 1. The number of hydrogen-bond donors (Lipinski definition) is 4. The fourth-order valence-electron chi connectivity index (χ4n) is 3.80. The number of phenols is 1. The Labute approximate surface area is 262 Å². The van der Waals surface area contributed by atoms with Crippen LogP contribution in [0.15, 0.2) is 81.9 Å². The number of aromatic hydroxyl groups is 1. The predicted octanol–water partition coefficient (Wildman–Crippen LogP) is 1.58. The summed E-state index contributed by atoms with van der Waals surface area (Å²) < 4.78 is 58.6. The second kappa shape index (κ2) is 12.7. The van der Waals surface area contributed by atoms with Crippen molar-refractivity contribution in [3.8, 4) is 17.9 Å².